The molecule has 19 heavy (non-hydrogen) atoms. The van der Waals surface area contributed by atoms with E-state index in [1.54, 1.807) is 37.8 Å². The lowest BCUT2D eigenvalue weighted by Gasteiger charge is -2.09. The number of carbonyl (C=O) groups is 1. The van der Waals surface area contributed by atoms with Crippen LogP contribution in [0, 0.1) is 6.92 Å². The topological polar surface area (TPSA) is 60.5 Å². The third-order valence-corrected chi connectivity index (χ3v) is 3.27. The molecule has 0 aliphatic carbocycles. The van der Waals surface area contributed by atoms with E-state index in [1.165, 1.54) is 11.3 Å². The molecule has 5 nitrogen and oxygen atoms in total. The lowest BCUT2D eigenvalue weighted by Crippen LogP contribution is -2.12. The molecule has 1 amide bonds. The van der Waals surface area contributed by atoms with Crippen molar-refractivity contribution in [1.82, 2.24) is 4.98 Å². The molecule has 100 valence electrons. The molecule has 1 heterocycles. The monoisotopic (exact) mass is 278 g/mol. The SMILES string of the molecule is COc1ccc(NC(=O)c2csc(C)n2)cc1OC. The number of anilines is 1. The first kappa shape index (κ1) is 13.4. The van der Waals surface area contributed by atoms with Gasteiger partial charge in [-0.2, -0.15) is 0 Å². The number of aromatic nitrogens is 1. The molecule has 1 N–H and O–H groups in total. The van der Waals surface area contributed by atoms with Crippen LogP contribution in [0.15, 0.2) is 23.6 Å². The molecular formula is C13H14N2O3S. The fraction of sp³-hybridized carbons (Fsp3) is 0.231. The Morgan fingerprint density at radius 1 is 1.26 bits per heavy atom. The summed E-state index contributed by atoms with van der Waals surface area (Å²) in [5.74, 6) is 0.941. The number of ether oxygens (including phenoxy) is 2. The number of hydrogen-bond donors (Lipinski definition) is 1. The Bertz CT molecular complexity index is 595. The Balaban J connectivity index is 2.17. The van der Waals surface area contributed by atoms with Gasteiger partial charge in [0.15, 0.2) is 11.5 Å². The number of aryl methyl sites for hydroxylation is 1. The molecule has 0 atom stereocenters. The van der Waals surface area contributed by atoms with Gasteiger partial charge in [-0.1, -0.05) is 0 Å². The zero-order valence-corrected chi connectivity index (χ0v) is 11.7. The summed E-state index contributed by atoms with van der Waals surface area (Å²) in [6.45, 7) is 1.86. The van der Waals surface area contributed by atoms with Crippen molar-refractivity contribution < 1.29 is 14.3 Å². The predicted molar refractivity (Wildman–Crippen MR) is 74.4 cm³/mol. The van der Waals surface area contributed by atoms with Crippen LogP contribution < -0.4 is 14.8 Å². The zero-order valence-electron chi connectivity index (χ0n) is 10.9. The lowest BCUT2D eigenvalue weighted by atomic mass is 10.2. The summed E-state index contributed by atoms with van der Waals surface area (Å²) in [5, 5.41) is 5.35. The minimum absolute atomic E-state index is 0.239. The minimum atomic E-state index is -0.239. The van der Waals surface area contributed by atoms with E-state index in [0.717, 1.165) is 5.01 Å². The third kappa shape index (κ3) is 3.03. The van der Waals surface area contributed by atoms with Crippen molar-refractivity contribution in [2.75, 3.05) is 19.5 Å². The zero-order chi connectivity index (χ0) is 13.8. The van der Waals surface area contributed by atoms with Crippen LogP contribution >= 0.6 is 11.3 Å². The van der Waals surface area contributed by atoms with Gasteiger partial charge in [-0.3, -0.25) is 4.79 Å². The van der Waals surface area contributed by atoms with Crippen LogP contribution in [0.2, 0.25) is 0 Å². The van der Waals surface area contributed by atoms with E-state index in [9.17, 15) is 4.79 Å². The van der Waals surface area contributed by atoms with Crippen molar-refractivity contribution >= 4 is 22.9 Å². The highest BCUT2D eigenvalue weighted by Crippen LogP contribution is 2.29. The first-order valence-electron chi connectivity index (χ1n) is 5.59. The highest BCUT2D eigenvalue weighted by Gasteiger charge is 2.11. The average Bonchev–Trinajstić information content (AvgIpc) is 2.85. The normalized spacial score (nSPS) is 10.1. The van der Waals surface area contributed by atoms with E-state index >= 15 is 0 Å². The van der Waals surface area contributed by atoms with Crippen LogP contribution in [0.4, 0.5) is 5.69 Å². The summed E-state index contributed by atoms with van der Waals surface area (Å²) >= 11 is 1.44. The van der Waals surface area contributed by atoms with Gasteiger partial charge in [0.1, 0.15) is 5.69 Å². The van der Waals surface area contributed by atoms with E-state index in [4.69, 9.17) is 9.47 Å². The average molecular weight is 278 g/mol. The van der Waals surface area contributed by atoms with Gasteiger partial charge in [-0.25, -0.2) is 4.98 Å². The van der Waals surface area contributed by atoms with Crippen LogP contribution in [0.25, 0.3) is 0 Å². The van der Waals surface area contributed by atoms with Gasteiger partial charge in [0.2, 0.25) is 0 Å². The maximum atomic E-state index is 11.9. The number of nitrogens with zero attached hydrogens (tertiary/aromatic N) is 1. The third-order valence-electron chi connectivity index (χ3n) is 2.49. The molecule has 0 radical (unpaired) electrons. The van der Waals surface area contributed by atoms with E-state index in [0.29, 0.717) is 22.9 Å². The van der Waals surface area contributed by atoms with Gasteiger partial charge in [0, 0.05) is 17.1 Å². The van der Waals surface area contributed by atoms with Gasteiger partial charge in [0.25, 0.3) is 5.91 Å². The molecule has 0 bridgehead atoms. The Labute approximate surface area is 115 Å². The molecule has 1 aromatic carbocycles. The number of amides is 1. The maximum Gasteiger partial charge on any atom is 0.275 e. The Kier molecular flexibility index (Phi) is 4.01. The van der Waals surface area contributed by atoms with Crippen molar-refractivity contribution in [1.29, 1.82) is 0 Å². The Morgan fingerprint density at radius 3 is 2.58 bits per heavy atom. The van der Waals surface area contributed by atoms with Crippen LogP contribution in [-0.2, 0) is 0 Å². The number of carbonyl (C=O) groups excluding carboxylic acids is 1. The van der Waals surface area contributed by atoms with E-state index in [-0.39, 0.29) is 5.91 Å². The molecule has 0 saturated heterocycles. The quantitative estimate of drug-likeness (QED) is 0.934. The fourth-order valence-electron chi connectivity index (χ4n) is 1.58. The van der Waals surface area contributed by atoms with Gasteiger partial charge in [-0.05, 0) is 19.1 Å². The molecule has 0 aliphatic heterocycles. The number of hydrogen-bond acceptors (Lipinski definition) is 5. The van der Waals surface area contributed by atoms with Crippen molar-refractivity contribution in [3.8, 4) is 11.5 Å². The van der Waals surface area contributed by atoms with Gasteiger partial charge >= 0.3 is 0 Å². The molecule has 0 fully saturated rings. The summed E-state index contributed by atoms with van der Waals surface area (Å²) < 4.78 is 10.3. The van der Waals surface area contributed by atoms with E-state index < -0.39 is 0 Å². The van der Waals surface area contributed by atoms with Crippen LogP contribution in [-0.4, -0.2) is 25.1 Å². The minimum Gasteiger partial charge on any atom is -0.493 e. The highest BCUT2D eigenvalue weighted by molar-refractivity contribution is 7.09. The first-order valence-corrected chi connectivity index (χ1v) is 6.47. The standard InChI is InChI=1S/C13H14N2O3S/c1-8-14-10(7-19-8)13(16)15-9-4-5-11(17-2)12(6-9)18-3/h4-7H,1-3H3,(H,15,16). The smallest absolute Gasteiger partial charge is 0.275 e. The summed E-state index contributed by atoms with van der Waals surface area (Å²) in [7, 11) is 3.11. The largest absolute Gasteiger partial charge is 0.493 e. The van der Waals surface area contributed by atoms with E-state index in [1.807, 2.05) is 6.92 Å². The molecule has 0 unspecified atom stereocenters. The summed E-state index contributed by atoms with van der Waals surface area (Å²) in [6.07, 6.45) is 0. The van der Waals surface area contributed by atoms with Crippen molar-refractivity contribution in [3.63, 3.8) is 0 Å². The maximum absolute atomic E-state index is 11.9. The fourth-order valence-corrected chi connectivity index (χ4v) is 2.17. The summed E-state index contributed by atoms with van der Waals surface area (Å²) in [5.41, 5.74) is 1.05. The molecule has 2 rings (SSSR count). The number of benzene rings is 1. The van der Waals surface area contributed by atoms with Gasteiger partial charge in [-0.15, -0.1) is 11.3 Å². The Morgan fingerprint density at radius 2 is 2.00 bits per heavy atom. The summed E-state index contributed by atoms with van der Waals surface area (Å²) in [6, 6.07) is 5.19. The van der Waals surface area contributed by atoms with Crippen molar-refractivity contribution in [2.45, 2.75) is 6.92 Å². The molecule has 0 aliphatic rings. The number of thiazole rings is 1. The molecule has 6 heteroatoms. The van der Waals surface area contributed by atoms with Crippen molar-refractivity contribution in [3.05, 3.63) is 34.3 Å². The van der Waals surface area contributed by atoms with Gasteiger partial charge < -0.3 is 14.8 Å². The predicted octanol–water partition coefficient (Wildman–Crippen LogP) is 2.72. The molecular weight excluding hydrogens is 264 g/mol. The second kappa shape index (κ2) is 5.71. The molecule has 2 aromatic rings. The Hall–Kier alpha value is -2.08. The molecule has 1 aromatic heterocycles. The number of rotatable bonds is 4. The second-order valence-corrected chi connectivity index (χ2v) is 4.84. The number of methoxy groups -OCH3 is 2. The van der Waals surface area contributed by atoms with Crippen LogP contribution in [0.5, 0.6) is 11.5 Å². The van der Waals surface area contributed by atoms with Gasteiger partial charge in [0.05, 0.1) is 19.2 Å². The lowest BCUT2D eigenvalue weighted by molar-refractivity contribution is 0.102. The number of nitrogens with one attached hydrogen (secondary N) is 1. The second-order valence-electron chi connectivity index (χ2n) is 3.78. The molecule has 0 spiro atoms. The molecule has 0 saturated carbocycles. The van der Waals surface area contributed by atoms with E-state index in [2.05, 4.69) is 10.3 Å². The van der Waals surface area contributed by atoms with Crippen molar-refractivity contribution in [2.24, 2.45) is 0 Å². The highest BCUT2D eigenvalue weighted by atomic mass is 32.1. The van der Waals surface area contributed by atoms with Crippen LogP contribution in [0.3, 0.4) is 0 Å². The summed E-state index contributed by atoms with van der Waals surface area (Å²) in [4.78, 5) is 16.1. The van der Waals surface area contributed by atoms with Crippen LogP contribution in [0.1, 0.15) is 15.5 Å². The first-order chi connectivity index (χ1) is 9.13.